The molecule has 2 heterocycles. The Balaban J connectivity index is 2.14. The van der Waals surface area contributed by atoms with Crippen molar-refractivity contribution in [3.05, 3.63) is 41.0 Å². The zero-order valence-corrected chi connectivity index (χ0v) is 17.8. The molecule has 0 fully saturated rings. The molecule has 6 heteroatoms. The first kappa shape index (κ1) is 21.4. The van der Waals surface area contributed by atoms with Gasteiger partial charge in [-0.05, 0) is 69.0 Å². The number of unbranched alkanes of at least 4 members (excludes halogenated alkanes) is 1. The highest BCUT2D eigenvalue weighted by molar-refractivity contribution is 5.92. The minimum Gasteiger partial charge on any atom is -0.504 e. The van der Waals surface area contributed by atoms with Gasteiger partial charge in [0.25, 0.3) is 0 Å². The second kappa shape index (κ2) is 8.99. The van der Waals surface area contributed by atoms with E-state index in [0.29, 0.717) is 37.3 Å². The fourth-order valence-corrected chi connectivity index (χ4v) is 4.31. The number of hydrogen-bond acceptors (Lipinski definition) is 6. The Labute approximate surface area is 173 Å². The van der Waals surface area contributed by atoms with Crippen molar-refractivity contribution in [2.75, 3.05) is 18.1 Å². The maximum absolute atomic E-state index is 12.9. The lowest BCUT2D eigenvalue weighted by Gasteiger charge is -2.43. The Morgan fingerprint density at radius 1 is 1.38 bits per heavy atom. The summed E-state index contributed by atoms with van der Waals surface area (Å²) in [4.78, 5) is 19.0. The lowest BCUT2D eigenvalue weighted by atomic mass is 9.73. The first-order valence-corrected chi connectivity index (χ1v) is 10.6. The SMILES string of the molecule is CCOC(=O)C1=C(CCCCN)N(c2ccncc2O)C2=C(CCC(C)(C)C2)C1. The third kappa shape index (κ3) is 4.64. The number of esters is 1. The smallest absolute Gasteiger partial charge is 0.336 e. The standard InChI is InChI=1S/C23H33N3O3/c1-4-29-22(28)17-13-16-8-10-23(2,3)14-20(16)26(18(17)7-5-6-11-24)19-9-12-25-15-21(19)27/h9,12,15,27H,4-8,10-11,13-14,24H2,1-3H3. The molecule has 158 valence electrons. The van der Waals surface area contributed by atoms with E-state index >= 15 is 0 Å². The van der Waals surface area contributed by atoms with Crippen LogP contribution in [0.25, 0.3) is 0 Å². The molecule has 6 nitrogen and oxygen atoms in total. The first-order valence-electron chi connectivity index (χ1n) is 10.6. The van der Waals surface area contributed by atoms with Crippen molar-refractivity contribution < 1.29 is 14.6 Å². The van der Waals surface area contributed by atoms with Crippen LogP contribution in [0.5, 0.6) is 5.75 Å². The third-order valence-corrected chi connectivity index (χ3v) is 5.84. The molecule has 0 atom stereocenters. The molecule has 1 aromatic heterocycles. The van der Waals surface area contributed by atoms with Gasteiger partial charge in [0.15, 0.2) is 5.75 Å². The number of carbonyl (C=O) groups is 1. The predicted octanol–water partition coefficient (Wildman–Crippen LogP) is 4.41. The van der Waals surface area contributed by atoms with Gasteiger partial charge in [-0.15, -0.1) is 0 Å². The molecule has 0 aromatic carbocycles. The van der Waals surface area contributed by atoms with Crippen LogP contribution in [0.15, 0.2) is 41.0 Å². The minimum absolute atomic E-state index is 0.115. The van der Waals surface area contributed by atoms with Crippen LogP contribution in [-0.2, 0) is 9.53 Å². The van der Waals surface area contributed by atoms with Gasteiger partial charge in [0.2, 0.25) is 0 Å². The van der Waals surface area contributed by atoms with Gasteiger partial charge in [0.05, 0.1) is 24.1 Å². The molecule has 0 unspecified atom stereocenters. The van der Waals surface area contributed by atoms with E-state index in [2.05, 4.69) is 23.7 Å². The summed E-state index contributed by atoms with van der Waals surface area (Å²) in [5, 5.41) is 10.6. The summed E-state index contributed by atoms with van der Waals surface area (Å²) in [6.45, 7) is 7.34. The normalized spacial score (nSPS) is 18.7. The molecule has 1 aromatic rings. The summed E-state index contributed by atoms with van der Waals surface area (Å²) in [6.07, 6.45) is 9.18. The maximum Gasteiger partial charge on any atom is 0.336 e. The summed E-state index contributed by atoms with van der Waals surface area (Å²) < 4.78 is 5.41. The number of anilines is 1. The van der Waals surface area contributed by atoms with Crippen molar-refractivity contribution in [3.63, 3.8) is 0 Å². The van der Waals surface area contributed by atoms with E-state index in [1.807, 2.05) is 13.0 Å². The zero-order chi connectivity index (χ0) is 21.0. The number of hydrogen-bond donors (Lipinski definition) is 2. The molecule has 0 spiro atoms. The lowest BCUT2D eigenvalue weighted by Crippen LogP contribution is -2.35. The summed E-state index contributed by atoms with van der Waals surface area (Å²) in [5.74, 6) is -0.144. The highest BCUT2D eigenvalue weighted by Gasteiger charge is 2.38. The van der Waals surface area contributed by atoms with Crippen LogP contribution in [0.3, 0.4) is 0 Å². The van der Waals surface area contributed by atoms with Crippen molar-refractivity contribution >= 4 is 11.7 Å². The van der Waals surface area contributed by atoms with Gasteiger partial charge in [-0.25, -0.2) is 4.79 Å². The zero-order valence-electron chi connectivity index (χ0n) is 17.8. The Hall–Kier alpha value is -2.34. The van der Waals surface area contributed by atoms with E-state index < -0.39 is 0 Å². The molecule has 29 heavy (non-hydrogen) atoms. The highest BCUT2D eigenvalue weighted by Crippen LogP contribution is 2.49. The van der Waals surface area contributed by atoms with Crippen LogP contribution in [0.2, 0.25) is 0 Å². The van der Waals surface area contributed by atoms with Crippen molar-refractivity contribution in [1.29, 1.82) is 0 Å². The number of aromatic nitrogens is 1. The van der Waals surface area contributed by atoms with Crippen LogP contribution in [-0.4, -0.2) is 29.2 Å². The van der Waals surface area contributed by atoms with Crippen LogP contribution in [0.1, 0.15) is 65.7 Å². The topological polar surface area (TPSA) is 88.7 Å². The number of rotatable bonds is 7. The van der Waals surface area contributed by atoms with E-state index in [1.165, 1.54) is 17.5 Å². The number of nitrogens with two attached hydrogens (primary N) is 1. The largest absolute Gasteiger partial charge is 0.504 e. The molecule has 1 aliphatic carbocycles. The van der Waals surface area contributed by atoms with E-state index in [-0.39, 0.29) is 17.1 Å². The van der Waals surface area contributed by atoms with Gasteiger partial charge >= 0.3 is 5.97 Å². The van der Waals surface area contributed by atoms with Gasteiger partial charge in [0.1, 0.15) is 0 Å². The lowest BCUT2D eigenvalue weighted by molar-refractivity contribution is -0.138. The quantitative estimate of drug-likeness (QED) is 0.522. The predicted molar refractivity (Wildman–Crippen MR) is 114 cm³/mol. The molecule has 2 aliphatic rings. The van der Waals surface area contributed by atoms with Gasteiger partial charge < -0.3 is 20.5 Å². The minimum atomic E-state index is -0.259. The average molecular weight is 400 g/mol. The van der Waals surface area contributed by atoms with Crippen LogP contribution in [0, 0.1) is 5.41 Å². The average Bonchev–Trinajstić information content (AvgIpc) is 2.68. The van der Waals surface area contributed by atoms with E-state index in [9.17, 15) is 9.90 Å². The summed E-state index contributed by atoms with van der Waals surface area (Å²) in [5.41, 5.74) is 10.7. The van der Waals surface area contributed by atoms with Crippen molar-refractivity contribution in [2.24, 2.45) is 11.1 Å². The Morgan fingerprint density at radius 3 is 2.86 bits per heavy atom. The second-order valence-corrected chi connectivity index (χ2v) is 8.66. The summed E-state index contributed by atoms with van der Waals surface area (Å²) in [6, 6.07) is 1.82. The molecule has 0 saturated heterocycles. The number of ether oxygens (including phenoxy) is 1. The summed E-state index contributed by atoms with van der Waals surface area (Å²) in [7, 11) is 0. The fraction of sp³-hybridized carbons (Fsp3) is 0.565. The molecule has 3 rings (SSSR count). The van der Waals surface area contributed by atoms with Gasteiger partial charge in [-0.2, -0.15) is 0 Å². The molecule has 0 amide bonds. The number of pyridine rings is 1. The van der Waals surface area contributed by atoms with Crippen LogP contribution in [0.4, 0.5) is 5.69 Å². The second-order valence-electron chi connectivity index (χ2n) is 8.66. The van der Waals surface area contributed by atoms with Crippen molar-refractivity contribution in [3.8, 4) is 5.75 Å². The van der Waals surface area contributed by atoms with Gasteiger partial charge in [0, 0.05) is 24.0 Å². The maximum atomic E-state index is 12.9. The number of nitrogens with zero attached hydrogens (tertiary/aromatic N) is 2. The molecule has 0 bridgehead atoms. The Morgan fingerprint density at radius 2 is 2.17 bits per heavy atom. The molecule has 1 aliphatic heterocycles. The van der Waals surface area contributed by atoms with Gasteiger partial charge in [-0.1, -0.05) is 13.8 Å². The van der Waals surface area contributed by atoms with Crippen LogP contribution >= 0.6 is 0 Å². The monoisotopic (exact) mass is 399 g/mol. The highest BCUT2D eigenvalue weighted by atomic mass is 16.5. The van der Waals surface area contributed by atoms with Crippen molar-refractivity contribution in [2.45, 2.75) is 65.7 Å². The number of carbonyl (C=O) groups excluding carboxylic acids is 1. The Kier molecular flexibility index (Phi) is 6.63. The fourth-order valence-electron chi connectivity index (χ4n) is 4.31. The molecular weight excluding hydrogens is 366 g/mol. The molecule has 3 N–H and O–H groups in total. The molecule has 0 radical (unpaired) electrons. The van der Waals surface area contributed by atoms with E-state index in [0.717, 1.165) is 37.8 Å². The molecular formula is C23H33N3O3. The number of aromatic hydroxyl groups is 1. The van der Waals surface area contributed by atoms with Crippen LogP contribution < -0.4 is 10.6 Å². The van der Waals surface area contributed by atoms with Crippen molar-refractivity contribution in [1.82, 2.24) is 4.98 Å². The molecule has 0 saturated carbocycles. The summed E-state index contributed by atoms with van der Waals surface area (Å²) >= 11 is 0. The first-order chi connectivity index (χ1) is 13.9. The van der Waals surface area contributed by atoms with Gasteiger partial charge in [-0.3, -0.25) is 4.98 Å². The van der Waals surface area contributed by atoms with E-state index in [4.69, 9.17) is 10.5 Å². The number of allylic oxidation sites excluding steroid dienone is 3. The van der Waals surface area contributed by atoms with E-state index in [1.54, 1.807) is 6.20 Å². The third-order valence-electron chi connectivity index (χ3n) is 5.84. The Bertz CT molecular complexity index is 826.